The van der Waals surface area contributed by atoms with Crippen LogP contribution < -0.4 is 4.90 Å². The van der Waals surface area contributed by atoms with Gasteiger partial charge in [0.05, 0.1) is 5.54 Å². The van der Waals surface area contributed by atoms with E-state index in [1.807, 2.05) is 0 Å². The lowest BCUT2D eigenvalue weighted by atomic mass is 9.63. The second-order valence-corrected chi connectivity index (χ2v) is 15.5. The van der Waals surface area contributed by atoms with Gasteiger partial charge in [-0.05, 0) is 121 Å². The van der Waals surface area contributed by atoms with Crippen LogP contribution in [-0.4, -0.2) is 5.54 Å². The Labute approximate surface area is 301 Å². The van der Waals surface area contributed by atoms with Gasteiger partial charge in [0.25, 0.3) is 0 Å². The zero-order valence-corrected chi connectivity index (χ0v) is 29.6. The molecule has 1 aliphatic heterocycles. The first-order valence-electron chi connectivity index (χ1n) is 18.9. The first-order chi connectivity index (χ1) is 25.0. The molecule has 1 nitrogen and oxygen atoms in total. The Kier molecular flexibility index (Phi) is 6.90. The number of benzene rings is 8. The van der Waals surface area contributed by atoms with Crippen LogP contribution >= 0.6 is 0 Å². The van der Waals surface area contributed by atoms with Gasteiger partial charge in [-0.15, -0.1) is 0 Å². The van der Waals surface area contributed by atoms with Gasteiger partial charge in [0.1, 0.15) is 0 Å². The molecule has 0 saturated heterocycles. The van der Waals surface area contributed by atoms with E-state index < -0.39 is 0 Å². The Morgan fingerprint density at radius 2 is 1.02 bits per heavy atom. The molecule has 8 aromatic rings. The summed E-state index contributed by atoms with van der Waals surface area (Å²) < 4.78 is 0. The Morgan fingerprint density at radius 3 is 1.73 bits per heavy atom. The molecule has 0 amide bonds. The van der Waals surface area contributed by atoms with E-state index in [0.717, 1.165) is 0 Å². The molecule has 248 valence electrons. The average Bonchev–Trinajstić information content (AvgIpc) is 3.36. The number of anilines is 2. The highest BCUT2D eigenvalue weighted by atomic mass is 15.2. The van der Waals surface area contributed by atoms with Crippen molar-refractivity contribution in [3.05, 3.63) is 157 Å². The maximum Gasteiger partial charge on any atom is 0.0517 e. The third kappa shape index (κ3) is 4.47. The third-order valence-corrected chi connectivity index (χ3v) is 12.9. The van der Waals surface area contributed by atoms with Crippen LogP contribution in [0.3, 0.4) is 0 Å². The van der Waals surface area contributed by atoms with Crippen LogP contribution in [0.15, 0.2) is 152 Å². The first kappa shape index (κ1) is 30.4. The van der Waals surface area contributed by atoms with Crippen molar-refractivity contribution < 1.29 is 0 Å². The van der Waals surface area contributed by atoms with Crippen molar-refractivity contribution >= 4 is 43.7 Å². The van der Waals surface area contributed by atoms with Gasteiger partial charge < -0.3 is 4.90 Å². The van der Waals surface area contributed by atoms with Crippen molar-refractivity contribution in [2.75, 3.05) is 4.90 Å². The molecule has 0 radical (unpaired) electrons. The van der Waals surface area contributed by atoms with Gasteiger partial charge in [-0.25, -0.2) is 0 Å². The van der Waals surface area contributed by atoms with Crippen LogP contribution in [-0.2, 0) is 5.41 Å². The smallest absolute Gasteiger partial charge is 0.0517 e. The van der Waals surface area contributed by atoms with Crippen LogP contribution in [0.25, 0.3) is 65.7 Å². The minimum Gasteiger partial charge on any atom is -0.334 e. The summed E-state index contributed by atoms with van der Waals surface area (Å²) in [5, 5.41) is 7.99. The summed E-state index contributed by atoms with van der Waals surface area (Å²) in [4.78, 5) is 2.71. The van der Waals surface area contributed by atoms with Crippen LogP contribution in [0.1, 0.15) is 57.9 Å². The molecule has 2 atom stereocenters. The highest BCUT2D eigenvalue weighted by Crippen LogP contribution is 2.60. The van der Waals surface area contributed by atoms with Crippen molar-refractivity contribution in [3.63, 3.8) is 0 Å². The number of rotatable bonds is 4. The molecule has 1 fully saturated rings. The van der Waals surface area contributed by atoms with Crippen molar-refractivity contribution in [3.8, 4) is 33.4 Å². The highest BCUT2D eigenvalue weighted by molar-refractivity contribution is 6.30. The van der Waals surface area contributed by atoms with E-state index in [1.165, 1.54) is 121 Å². The van der Waals surface area contributed by atoms with Gasteiger partial charge in [-0.3, -0.25) is 0 Å². The molecule has 2 unspecified atom stereocenters. The molecule has 1 heteroatoms. The van der Waals surface area contributed by atoms with Crippen molar-refractivity contribution in [2.45, 2.75) is 63.3 Å². The number of fused-ring (bicyclic) bond motifs is 3. The van der Waals surface area contributed by atoms with E-state index in [2.05, 4.69) is 170 Å². The standard InChI is InChI=1S/C50H43N/c1-49-30-14-3-4-15-31-50(49,2)51(38-20-12-7-13-21-38)46-29-24-37(32-45(46)49)44-33-43(35-18-10-6-11-19-35)41-26-23-36-22-25-39(34-16-8-5-9-17-34)40-27-28-42(44)48(41)47(36)40/h5-13,16-29,32-33H,3-4,14-15,30-31H2,1-2H3. The predicted molar refractivity (Wildman–Crippen MR) is 218 cm³/mol. The van der Waals surface area contributed by atoms with Crippen LogP contribution in [0, 0.1) is 0 Å². The summed E-state index contributed by atoms with van der Waals surface area (Å²) in [5.74, 6) is 0. The summed E-state index contributed by atoms with van der Waals surface area (Å²) in [6.07, 6.45) is 7.61. The third-order valence-electron chi connectivity index (χ3n) is 12.9. The highest BCUT2D eigenvalue weighted by Gasteiger charge is 2.56. The van der Waals surface area contributed by atoms with E-state index >= 15 is 0 Å². The van der Waals surface area contributed by atoms with Gasteiger partial charge in [0.15, 0.2) is 0 Å². The molecular formula is C50H43N. The minimum atomic E-state index is 0.00142. The van der Waals surface area contributed by atoms with E-state index in [0.29, 0.717) is 0 Å². The molecule has 0 spiro atoms. The fraction of sp³-hybridized carbons (Fsp3) is 0.200. The number of hydrogen-bond donors (Lipinski definition) is 0. The molecule has 51 heavy (non-hydrogen) atoms. The lowest BCUT2D eigenvalue weighted by Crippen LogP contribution is -2.53. The van der Waals surface area contributed by atoms with Crippen LogP contribution in [0.5, 0.6) is 0 Å². The maximum atomic E-state index is 2.71. The lowest BCUT2D eigenvalue weighted by Gasteiger charge is -2.48. The number of nitrogens with zero attached hydrogens (tertiary/aromatic N) is 1. The fourth-order valence-corrected chi connectivity index (χ4v) is 10.1. The van der Waals surface area contributed by atoms with Gasteiger partial charge in [-0.2, -0.15) is 0 Å². The van der Waals surface area contributed by atoms with Crippen LogP contribution in [0.4, 0.5) is 11.4 Å². The van der Waals surface area contributed by atoms with Gasteiger partial charge in [-0.1, -0.05) is 154 Å². The van der Waals surface area contributed by atoms with E-state index in [9.17, 15) is 0 Å². The predicted octanol–water partition coefficient (Wildman–Crippen LogP) is 14.1. The SMILES string of the molecule is CC12CCCCCCC1(C)N(c1ccccc1)c1ccc(-c3cc(-c4ccccc4)c4ccc5ccc(-c6ccccc6)c6ccc3c4c56)cc12. The van der Waals surface area contributed by atoms with Crippen molar-refractivity contribution in [1.29, 1.82) is 0 Å². The molecule has 1 saturated carbocycles. The topological polar surface area (TPSA) is 3.24 Å². The summed E-state index contributed by atoms with van der Waals surface area (Å²) in [5.41, 5.74) is 12.0. The molecule has 2 aliphatic rings. The van der Waals surface area contributed by atoms with Crippen LogP contribution in [0.2, 0.25) is 0 Å². The fourth-order valence-electron chi connectivity index (χ4n) is 10.1. The van der Waals surface area contributed by atoms with Crippen molar-refractivity contribution in [1.82, 2.24) is 0 Å². The zero-order chi connectivity index (χ0) is 34.2. The summed E-state index contributed by atoms with van der Waals surface area (Å²) in [6.45, 7) is 5.13. The monoisotopic (exact) mass is 657 g/mol. The number of para-hydroxylation sites is 1. The summed E-state index contributed by atoms with van der Waals surface area (Å²) in [6, 6.07) is 57.1. The summed E-state index contributed by atoms with van der Waals surface area (Å²) >= 11 is 0. The molecule has 1 aliphatic carbocycles. The molecule has 0 bridgehead atoms. The molecular weight excluding hydrogens is 615 g/mol. The van der Waals surface area contributed by atoms with Crippen molar-refractivity contribution in [2.24, 2.45) is 0 Å². The Morgan fingerprint density at radius 1 is 0.451 bits per heavy atom. The zero-order valence-electron chi connectivity index (χ0n) is 29.6. The van der Waals surface area contributed by atoms with E-state index in [1.54, 1.807) is 0 Å². The van der Waals surface area contributed by atoms with Gasteiger partial charge >= 0.3 is 0 Å². The average molecular weight is 658 g/mol. The largest absolute Gasteiger partial charge is 0.334 e. The first-order valence-corrected chi connectivity index (χ1v) is 18.9. The minimum absolute atomic E-state index is 0.00142. The Balaban J connectivity index is 1.26. The lowest BCUT2D eigenvalue weighted by molar-refractivity contribution is 0.218. The Hall–Kier alpha value is -5.40. The molecule has 1 heterocycles. The molecule has 10 rings (SSSR count). The molecule has 0 N–H and O–H groups in total. The van der Waals surface area contributed by atoms with E-state index in [-0.39, 0.29) is 11.0 Å². The molecule has 8 aromatic carbocycles. The maximum absolute atomic E-state index is 2.71. The normalized spacial score (nSPS) is 20.4. The van der Waals surface area contributed by atoms with E-state index in [4.69, 9.17) is 0 Å². The summed E-state index contributed by atoms with van der Waals surface area (Å²) in [7, 11) is 0. The second kappa shape index (κ2) is 11.6. The quantitative estimate of drug-likeness (QED) is 0.170. The van der Waals surface area contributed by atoms with Gasteiger partial charge in [0.2, 0.25) is 0 Å². The Bertz CT molecular complexity index is 2550. The second-order valence-electron chi connectivity index (χ2n) is 15.5. The van der Waals surface area contributed by atoms with Gasteiger partial charge in [0, 0.05) is 16.8 Å². The molecule has 0 aromatic heterocycles. The number of hydrogen-bond acceptors (Lipinski definition) is 1.